The Labute approximate surface area is 108 Å². The van der Waals surface area contributed by atoms with Crippen molar-refractivity contribution in [2.24, 2.45) is 5.92 Å². The molecule has 1 aliphatic heterocycles. The first-order chi connectivity index (χ1) is 8.78. The number of hydrogen-bond donors (Lipinski definition) is 1. The fraction of sp³-hybridized carbons (Fsp3) is 0.692. The van der Waals surface area contributed by atoms with E-state index >= 15 is 0 Å². The van der Waals surface area contributed by atoms with Crippen molar-refractivity contribution in [2.45, 2.75) is 26.7 Å². The third-order valence-electron chi connectivity index (χ3n) is 3.02. The summed E-state index contributed by atoms with van der Waals surface area (Å²) in [6.07, 6.45) is 2.24. The summed E-state index contributed by atoms with van der Waals surface area (Å²) < 4.78 is 10.8. The summed E-state index contributed by atoms with van der Waals surface area (Å²) in [5.41, 5.74) is 0. The Morgan fingerprint density at radius 1 is 1.39 bits per heavy atom. The third kappa shape index (κ3) is 3.84. The smallest absolute Gasteiger partial charge is 0.218 e. The molecule has 0 amide bonds. The molecule has 2 heterocycles. The average Bonchev–Trinajstić information content (AvgIpc) is 2.37. The largest absolute Gasteiger partial charge is 0.478 e. The summed E-state index contributed by atoms with van der Waals surface area (Å²) in [7, 11) is 0. The SMILES string of the molecule is CCOc1cc(NCC2CCOCC2)nc(C)n1. The lowest BCUT2D eigenvalue weighted by Gasteiger charge is -2.22. The van der Waals surface area contributed by atoms with E-state index in [9.17, 15) is 0 Å². The van der Waals surface area contributed by atoms with Crippen LogP contribution in [0.2, 0.25) is 0 Å². The molecule has 1 aliphatic rings. The molecular formula is C13H21N3O2. The average molecular weight is 251 g/mol. The van der Waals surface area contributed by atoms with E-state index in [1.54, 1.807) is 0 Å². The van der Waals surface area contributed by atoms with E-state index in [0.29, 0.717) is 18.4 Å². The van der Waals surface area contributed by atoms with Crippen molar-refractivity contribution in [1.29, 1.82) is 0 Å². The van der Waals surface area contributed by atoms with Crippen LogP contribution in [0.1, 0.15) is 25.6 Å². The zero-order valence-electron chi connectivity index (χ0n) is 11.1. The summed E-state index contributed by atoms with van der Waals surface area (Å²) in [6.45, 7) is 7.13. The van der Waals surface area contributed by atoms with Gasteiger partial charge in [0, 0.05) is 25.8 Å². The maximum Gasteiger partial charge on any atom is 0.218 e. The normalized spacial score (nSPS) is 16.6. The number of nitrogens with zero attached hydrogens (tertiary/aromatic N) is 2. The number of aryl methyl sites for hydroxylation is 1. The van der Waals surface area contributed by atoms with E-state index in [1.807, 2.05) is 19.9 Å². The van der Waals surface area contributed by atoms with Crippen LogP contribution in [0.5, 0.6) is 5.88 Å². The van der Waals surface area contributed by atoms with E-state index < -0.39 is 0 Å². The minimum Gasteiger partial charge on any atom is -0.478 e. The Hall–Kier alpha value is -1.36. The van der Waals surface area contributed by atoms with Gasteiger partial charge in [-0.1, -0.05) is 0 Å². The Balaban J connectivity index is 1.91. The van der Waals surface area contributed by atoms with E-state index in [-0.39, 0.29) is 0 Å². The summed E-state index contributed by atoms with van der Waals surface area (Å²) in [5, 5.41) is 3.37. The van der Waals surface area contributed by atoms with E-state index in [0.717, 1.165) is 44.2 Å². The highest BCUT2D eigenvalue weighted by Gasteiger charge is 2.13. The van der Waals surface area contributed by atoms with Crippen molar-refractivity contribution in [3.05, 3.63) is 11.9 Å². The minimum absolute atomic E-state index is 0.621. The van der Waals surface area contributed by atoms with Gasteiger partial charge in [-0.15, -0.1) is 0 Å². The van der Waals surface area contributed by atoms with Gasteiger partial charge in [-0.05, 0) is 32.6 Å². The number of ether oxygens (including phenoxy) is 2. The van der Waals surface area contributed by atoms with Gasteiger partial charge in [-0.2, -0.15) is 4.98 Å². The van der Waals surface area contributed by atoms with Crippen molar-refractivity contribution >= 4 is 5.82 Å². The number of aromatic nitrogens is 2. The first-order valence-corrected chi connectivity index (χ1v) is 6.58. The summed E-state index contributed by atoms with van der Waals surface area (Å²) in [6, 6.07) is 1.86. The van der Waals surface area contributed by atoms with Gasteiger partial charge in [0.15, 0.2) is 0 Å². The molecule has 0 bridgehead atoms. The molecule has 100 valence electrons. The minimum atomic E-state index is 0.621. The second-order valence-electron chi connectivity index (χ2n) is 4.51. The molecule has 2 rings (SSSR count). The van der Waals surface area contributed by atoms with Crippen molar-refractivity contribution in [1.82, 2.24) is 9.97 Å². The van der Waals surface area contributed by atoms with Gasteiger partial charge in [0.05, 0.1) is 6.61 Å². The standard InChI is InChI=1S/C13H21N3O2/c1-3-18-13-8-12(15-10(2)16-13)14-9-11-4-6-17-7-5-11/h8,11H,3-7,9H2,1-2H3,(H,14,15,16). The zero-order chi connectivity index (χ0) is 12.8. The fourth-order valence-electron chi connectivity index (χ4n) is 2.05. The highest BCUT2D eigenvalue weighted by Crippen LogP contribution is 2.17. The van der Waals surface area contributed by atoms with Crippen molar-refractivity contribution in [2.75, 3.05) is 31.7 Å². The maximum absolute atomic E-state index is 5.41. The molecule has 0 radical (unpaired) electrons. The Morgan fingerprint density at radius 2 is 2.17 bits per heavy atom. The van der Waals surface area contributed by atoms with Gasteiger partial charge < -0.3 is 14.8 Å². The van der Waals surface area contributed by atoms with Gasteiger partial charge in [0.1, 0.15) is 11.6 Å². The van der Waals surface area contributed by atoms with E-state index in [4.69, 9.17) is 9.47 Å². The lowest BCUT2D eigenvalue weighted by molar-refractivity contribution is 0.0699. The van der Waals surface area contributed by atoms with Gasteiger partial charge in [-0.3, -0.25) is 0 Å². The van der Waals surface area contributed by atoms with Crippen LogP contribution in [-0.4, -0.2) is 36.3 Å². The number of hydrogen-bond acceptors (Lipinski definition) is 5. The van der Waals surface area contributed by atoms with Gasteiger partial charge >= 0.3 is 0 Å². The molecule has 0 atom stereocenters. The predicted octanol–water partition coefficient (Wildman–Crippen LogP) is 2.02. The lowest BCUT2D eigenvalue weighted by Crippen LogP contribution is -2.23. The van der Waals surface area contributed by atoms with Gasteiger partial charge in [-0.25, -0.2) is 4.98 Å². The number of anilines is 1. The second kappa shape index (κ2) is 6.54. The van der Waals surface area contributed by atoms with Crippen LogP contribution in [0.4, 0.5) is 5.82 Å². The first-order valence-electron chi connectivity index (χ1n) is 6.58. The molecule has 0 unspecified atom stereocenters. The molecular weight excluding hydrogens is 230 g/mol. The predicted molar refractivity (Wildman–Crippen MR) is 70.0 cm³/mol. The maximum atomic E-state index is 5.41. The molecule has 0 aromatic carbocycles. The summed E-state index contributed by atoms with van der Waals surface area (Å²) in [5.74, 6) is 2.89. The van der Waals surface area contributed by atoms with Crippen LogP contribution in [0, 0.1) is 12.8 Å². The molecule has 1 fully saturated rings. The van der Waals surface area contributed by atoms with Crippen LogP contribution >= 0.6 is 0 Å². The first kappa shape index (κ1) is 13.1. The quantitative estimate of drug-likeness (QED) is 0.867. The highest BCUT2D eigenvalue weighted by molar-refractivity contribution is 5.38. The molecule has 1 aromatic rings. The van der Waals surface area contributed by atoms with Gasteiger partial charge in [0.25, 0.3) is 0 Å². The van der Waals surface area contributed by atoms with Crippen molar-refractivity contribution < 1.29 is 9.47 Å². The number of nitrogens with one attached hydrogen (secondary N) is 1. The number of rotatable bonds is 5. The highest BCUT2D eigenvalue weighted by atomic mass is 16.5. The second-order valence-corrected chi connectivity index (χ2v) is 4.51. The third-order valence-corrected chi connectivity index (χ3v) is 3.02. The van der Waals surface area contributed by atoms with Crippen LogP contribution in [0.3, 0.4) is 0 Å². The van der Waals surface area contributed by atoms with Crippen LogP contribution in [-0.2, 0) is 4.74 Å². The Morgan fingerprint density at radius 3 is 2.89 bits per heavy atom. The zero-order valence-corrected chi connectivity index (χ0v) is 11.1. The molecule has 1 N–H and O–H groups in total. The molecule has 1 aromatic heterocycles. The fourth-order valence-corrected chi connectivity index (χ4v) is 2.05. The Bertz CT molecular complexity index is 378. The van der Waals surface area contributed by atoms with Gasteiger partial charge in [0.2, 0.25) is 5.88 Å². The topological polar surface area (TPSA) is 56.3 Å². The summed E-state index contributed by atoms with van der Waals surface area (Å²) >= 11 is 0. The van der Waals surface area contributed by atoms with Crippen LogP contribution in [0.25, 0.3) is 0 Å². The van der Waals surface area contributed by atoms with E-state index in [2.05, 4.69) is 15.3 Å². The van der Waals surface area contributed by atoms with Crippen LogP contribution < -0.4 is 10.1 Å². The van der Waals surface area contributed by atoms with Crippen molar-refractivity contribution in [3.63, 3.8) is 0 Å². The van der Waals surface area contributed by atoms with E-state index in [1.165, 1.54) is 0 Å². The van der Waals surface area contributed by atoms with Crippen LogP contribution in [0.15, 0.2) is 6.07 Å². The Kier molecular flexibility index (Phi) is 4.75. The van der Waals surface area contributed by atoms with Crippen molar-refractivity contribution in [3.8, 4) is 5.88 Å². The summed E-state index contributed by atoms with van der Waals surface area (Å²) in [4.78, 5) is 8.59. The molecule has 0 spiro atoms. The molecule has 0 aliphatic carbocycles. The molecule has 5 heteroatoms. The molecule has 5 nitrogen and oxygen atoms in total. The molecule has 18 heavy (non-hydrogen) atoms. The molecule has 1 saturated heterocycles. The monoisotopic (exact) mass is 251 g/mol. The molecule has 0 saturated carbocycles. The lowest BCUT2D eigenvalue weighted by atomic mass is 10.0.